The van der Waals surface area contributed by atoms with E-state index < -0.39 is 11.8 Å². The Morgan fingerprint density at radius 2 is 1.78 bits per heavy atom. The lowest BCUT2D eigenvalue weighted by Crippen LogP contribution is -2.45. The highest BCUT2D eigenvalue weighted by Gasteiger charge is 2.23. The van der Waals surface area contributed by atoms with E-state index in [0.717, 1.165) is 4.47 Å². The third-order valence-electron chi connectivity index (χ3n) is 2.59. The molecule has 5 nitrogen and oxygen atoms in total. The minimum atomic E-state index is -0.612. The molecule has 2 rings (SSSR count). The molecule has 0 spiro atoms. The second-order valence-corrected chi connectivity index (χ2v) is 4.78. The van der Waals surface area contributed by atoms with Crippen LogP contribution in [-0.4, -0.2) is 43.0 Å². The van der Waals surface area contributed by atoms with Gasteiger partial charge in [0.2, 0.25) is 0 Å². The van der Waals surface area contributed by atoms with Gasteiger partial charge in [0.05, 0.1) is 13.2 Å². The van der Waals surface area contributed by atoms with Gasteiger partial charge in [-0.2, -0.15) is 0 Å². The summed E-state index contributed by atoms with van der Waals surface area (Å²) < 4.78 is 6.05. The van der Waals surface area contributed by atoms with Gasteiger partial charge in [-0.15, -0.1) is 0 Å². The molecule has 1 fully saturated rings. The highest BCUT2D eigenvalue weighted by molar-refractivity contribution is 9.10. The summed E-state index contributed by atoms with van der Waals surface area (Å²) in [5.74, 6) is -1.12. The van der Waals surface area contributed by atoms with E-state index in [-0.39, 0.29) is 0 Å². The van der Waals surface area contributed by atoms with Gasteiger partial charge in [-0.3, -0.25) is 9.59 Å². The topological polar surface area (TPSA) is 58.6 Å². The lowest BCUT2D eigenvalue weighted by Gasteiger charge is -2.26. The van der Waals surface area contributed by atoms with E-state index in [0.29, 0.717) is 32.0 Å². The second kappa shape index (κ2) is 5.97. The van der Waals surface area contributed by atoms with Crippen LogP contribution in [0.3, 0.4) is 0 Å². The molecule has 1 aromatic rings. The van der Waals surface area contributed by atoms with Crippen LogP contribution >= 0.6 is 15.9 Å². The number of hydrogen-bond donors (Lipinski definition) is 1. The molecule has 6 heteroatoms. The zero-order valence-electron chi connectivity index (χ0n) is 9.69. The van der Waals surface area contributed by atoms with E-state index >= 15 is 0 Å². The molecular weight excluding hydrogens is 300 g/mol. The molecule has 1 heterocycles. The Labute approximate surface area is 113 Å². The number of nitrogens with one attached hydrogen (secondary N) is 1. The number of morpholine rings is 1. The Morgan fingerprint density at radius 1 is 1.17 bits per heavy atom. The number of nitrogens with zero attached hydrogens (tertiary/aromatic N) is 1. The van der Waals surface area contributed by atoms with Crippen LogP contribution in [-0.2, 0) is 14.3 Å². The molecule has 0 atom stereocenters. The van der Waals surface area contributed by atoms with E-state index in [2.05, 4.69) is 21.2 Å². The van der Waals surface area contributed by atoms with Gasteiger partial charge < -0.3 is 15.0 Å². The van der Waals surface area contributed by atoms with Crippen LogP contribution in [0.1, 0.15) is 0 Å². The molecular formula is C12H13BrN2O3. The van der Waals surface area contributed by atoms with Crippen molar-refractivity contribution < 1.29 is 14.3 Å². The van der Waals surface area contributed by atoms with E-state index in [9.17, 15) is 9.59 Å². The minimum absolute atomic E-state index is 0.465. The minimum Gasteiger partial charge on any atom is -0.378 e. The zero-order valence-corrected chi connectivity index (χ0v) is 11.3. The first-order valence-corrected chi connectivity index (χ1v) is 6.40. The molecule has 1 aliphatic heterocycles. The molecule has 1 aromatic carbocycles. The highest BCUT2D eigenvalue weighted by Crippen LogP contribution is 2.14. The summed E-state index contributed by atoms with van der Waals surface area (Å²) in [5, 5.41) is 2.57. The molecule has 2 amide bonds. The quantitative estimate of drug-likeness (QED) is 0.794. The maximum Gasteiger partial charge on any atom is 0.313 e. The largest absolute Gasteiger partial charge is 0.378 e. The molecule has 0 radical (unpaired) electrons. The number of amides is 2. The van der Waals surface area contributed by atoms with Crippen molar-refractivity contribution >= 4 is 33.4 Å². The van der Waals surface area contributed by atoms with E-state index in [1.165, 1.54) is 4.90 Å². The molecule has 96 valence electrons. The molecule has 0 aromatic heterocycles. The normalized spacial score (nSPS) is 15.3. The number of halogens is 1. The van der Waals surface area contributed by atoms with Crippen molar-refractivity contribution in [1.29, 1.82) is 0 Å². The molecule has 18 heavy (non-hydrogen) atoms. The molecule has 0 unspecified atom stereocenters. The predicted octanol–water partition coefficient (Wildman–Crippen LogP) is 1.25. The smallest absolute Gasteiger partial charge is 0.313 e. The second-order valence-electron chi connectivity index (χ2n) is 3.87. The monoisotopic (exact) mass is 312 g/mol. The average molecular weight is 313 g/mol. The Hall–Kier alpha value is -1.40. The fraction of sp³-hybridized carbons (Fsp3) is 0.333. The summed E-state index contributed by atoms with van der Waals surface area (Å²) in [6.07, 6.45) is 0. The predicted molar refractivity (Wildman–Crippen MR) is 70.2 cm³/mol. The Morgan fingerprint density at radius 3 is 2.39 bits per heavy atom. The summed E-state index contributed by atoms with van der Waals surface area (Å²) in [5.41, 5.74) is 0.602. The number of ether oxygens (including phenoxy) is 1. The van der Waals surface area contributed by atoms with Gasteiger partial charge in [-0.1, -0.05) is 15.9 Å². The van der Waals surface area contributed by atoms with Crippen LogP contribution in [0, 0.1) is 0 Å². The van der Waals surface area contributed by atoms with Crippen LogP contribution < -0.4 is 5.32 Å². The van der Waals surface area contributed by atoms with E-state index in [1.807, 2.05) is 0 Å². The lowest BCUT2D eigenvalue weighted by molar-refractivity contribution is -0.145. The fourth-order valence-electron chi connectivity index (χ4n) is 1.63. The van der Waals surface area contributed by atoms with Gasteiger partial charge >= 0.3 is 11.8 Å². The first-order chi connectivity index (χ1) is 8.66. The zero-order chi connectivity index (χ0) is 13.0. The maximum atomic E-state index is 11.8. The molecule has 1 N–H and O–H groups in total. The number of rotatable bonds is 1. The van der Waals surface area contributed by atoms with Crippen LogP contribution in [0.15, 0.2) is 28.7 Å². The Balaban J connectivity index is 1.94. The highest BCUT2D eigenvalue weighted by atomic mass is 79.9. The third-order valence-corrected chi connectivity index (χ3v) is 3.12. The Kier molecular flexibility index (Phi) is 4.33. The molecule has 1 saturated heterocycles. The Bertz CT molecular complexity index is 441. The van der Waals surface area contributed by atoms with Crippen LogP contribution in [0.25, 0.3) is 0 Å². The number of carbonyl (C=O) groups excluding carboxylic acids is 2. The van der Waals surface area contributed by atoms with Crippen molar-refractivity contribution in [2.24, 2.45) is 0 Å². The van der Waals surface area contributed by atoms with Crippen LogP contribution in [0.5, 0.6) is 0 Å². The molecule has 0 aliphatic carbocycles. The van der Waals surface area contributed by atoms with Crippen molar-refractivity contribution in [2.75, 3.05) is 31.6 Å². The van der Waals surface area contributed by atoms with E-state index in [1.54, 1.807) is 24.3 Å². The molecule has 0 saturated carbocycles. The average Bonchev–Trinajstić information content (AvgIpc) is 2.41. The van der Waals surface area contributed by atoms with Gasteiger partial charge in [0.25, 0.3) is 0 Å². The fourth-order valence-corrected chi connectivity index (χ4v) is 1.89. The van der Waals surface area contributed by atoms with Crippen molar-refractivity contribution in [3.05, 3.63) is 28.7 Å². The first-order valence-electron chi connectivity index (χ1n) is 5.60. The van der Waals surface area contributed by atoms with E-state index in [4.69, 9.17) is 4.74 Å². The van der Waals surface area contributed by atoms with Crippen molar-refractivity contribution in [2.45, 2.75) is 0 Å². The van der Waals surface area contributed by atoms with Gasteiger partial charge in [-0.25, -0.2) is 0 Å². The summed E-state index contributed by atoms with van der Waals surface area (Å²) in [7, 11) is 0. The van der Waals surface area contributed by atoms with Gasteiger partial charge in [-0.05, 0) is 24.3 Å². The maximum absolute atomic E-state index is 11.8. The van der Waals surface area contributed by atoms with Crippen molar-refractivity contribution in [3.63, 3.8) is 0 Å². The number of hydrogen-bond acceptors (Lipinski definition) is 3. The summed E-state index contributed by atoms with van der Waals surface area (Å²) in [6.45, 7) is 1.90. The summed E-state index contributed by atoms with van der Waals surface area (Å²) in [4.78, 5) is 25.1. The number of carbonyl (C=O) groups is 2. The summed E-state index contributed by atoms with van der Waals surface area (Å²) >= 11 is 3.30. The van der Waals surface area contributed by atoms with Gasteiger partial charge in [0.1, 0.15) is 0 Å². The molecule has 0 bridgehead atoms. The number of anilines is 1. The first kappa shape index (κ1) is 13.0. The van der Waals surface area contributed by atoms with Gasteiger partial charge in [0.15, 0.2) is 0 Å². The summed E-state index contributed by atoms with van der Waals surface area (Å²) in [6, 6.07) is 7.06. The van der Waals surface area contributed by atoms with Crippen LogP contribution in [0.4, 0.5) is 5.69 Å². The third kappa shape index (κ3) is 3.30. The van der Waals surface area contributed by atoms with Crippen molar-refractivity contribution in [3.8, 4) is 0 Å². The standard InChI is InChI=1S/C12H13BrN2O3/c13-9-1-3-10(4-2-9)14-11(16)12(17)15-5-7-18-8-6-15/h1-4H,5-8H2,(H,14,16). The number of benzene rings is 1. The van der Waals surface area contributed by atoms with Crippen molar-refractivity contribution in [1.82, 2.24) is 4.90 Å². The van der Waals surface area contributed by atoms with Gasteiger partial charge in [0, 0.05) is 23.2 Å². The SMILES string of the molecule is O=C(Nc1ccc(Br)cc1)C(=O)N1CCOCC1. The lowest BCUT2D eigenvalue weighted by atomic mass is 10.3. The molecule has 1 aliphatic rings. The van der Waals surface area contributed by atoms with Crippen LogP contribution in [0.2, 0.25) is 0 Å².